The van der Waals surface area contributed by atoms with E-state index in [0.717, 1.165) is 29.6 Å². The van der Waals surface area contributed by atoms with Crippen molar-refractivity contribution in [1.82, 2.24) is 9.64 Å². The number of hydrogen-bond donors (Lipinski definition) is 0. The number of amides is 2. The minimum atomic E-state index is -4.58. The standard InChI is InChI=1S/C43H51F4N3O8S.2CH4/c1-7-48(8-2)28-18-19-29-27(25-32(42(3,4)5)57-30(29)26-28)15-14-16-31-43(6,22-11-9-10-17-35(53)58-50-33(51)20-21-34(50)52)36-37(44)38(45)39(46)40(47)41(36)49(31)23-12-13-24-59(54,55)56;;/h14-16,18-19,25-26H,7-13,17,20-24H2,1-6H3;2*1H4. The molecule has 1 fully saturated rings. The van der Waals surface area contributed by atoms with Gasteiger partial charge in [-0.2, -0.15) is 0 Å². The van der Waals surface area contributed by atoms with Crippen molar-refractivity contribution in [3.05, 3.63) is 87.6 Å². The summed E-state index contributed by atoms with van der Waals surface area (Å²) in [5, 5.41) is 1.43. The Balaban J connectivity index is 0.00000496. The van der Waals surface area contributed by atoms with Crippen LogP contribution in [-0.4, -0.2) is 61.2 Å². The number of unbranched alkanes of at least 4 members (excludes halogenated alkanes) is 3. The average molecular weight is 878 g/mol. The van der Waals surface area contributed by atoms with Gasteiger partial charge >= 0.3 is 5.97 Å². The predicted molar refractivity (Wildman–Crippen MR) is 226 cm³/mol. The number of carbonyl (C=O) groups excluding carboxylic acids is 3. The van der Waals surface area contributed by atoms with Crippen molar-refractivity contribution in [1.29, 1.82) is 0 Å². The Morgan fingerprint density at radius 2 is 1.57 bits per heavy atom. The van der Waals surface area contributed by atoms with Crippen molar-refractivity contribution in [3.63, 3.8) is 0 Å². The summed E-state index contributed by atoms with van der Waals surface area (Å²) in [6.07, 6.45) is 5.63. The molecule has 1 aliphatic carbocycles. The van der Waals surface area contributed by atoms with Crippen LogP contribution in [0.5, 0.6) is 0 Å². The van der Waals surface area contributed by atoms with E-state index in [4.69, 9.17) is 9.25 Å². The molecule has 0 saturated carbocycles. The van der Waals surface area contributed by atoms with Crippen LogP contribution >= 0.6 is 0 Å². The van der Waals surface area contributed by atoms with Crippen molar-refractivity contribution in [2.24, 2.45) is 0 Å². The van der Waals surface area contributed by atoms with Crippen LogP contribution in [0.1, 0.15) is 131 Å². The number of halogens is 4. The molecule has 11 nitrogen and oxygen atoms in total. The van der Waals surface area contributed by atoms with Gasteiger partial charge in [0.25, 0.3) is 11.8 Å². The summed E-state index contributed by atoms with van der Waals surface area (Å²) in [6.45, 7) is 13.2. The van der Waals surface area contributed by atoms with Crippen molar-refractivity contribution < 1.29 is 54.2 Å². The first-order valence-corrected chi connectivity index (χ1v) is 21.5. The first kappa shape index (κ1) is 50.5. The highest BCUT2D eigenvalue weighted by atomic mass is 32.2. The molecular weight excluding hydrogens is 819 g/mol. The van der Waals surface area contributed by atoms with Crippen LogP contribution in [0, 0.1) is 23.3 Å². The summed E-state index contributed by atoms with van der Waals surface area (Å²) in [7, 11) is -4.58. The second kappa shape index (κ2) is 20.4. The molecule has 3 heterocycles. The zero-order valence-corrected chi connectivity index (χ0v) is 35.1. The number of hydroxylamine groups is 2. The summed E-state index contributed by atoms with van der Waals surface area (Å²) < 4.78 is 105. The predicted octanol–water partition coefficient (Wildman–Crippen LogP) is 8.88. The molecule has 0 N–H and O–H groups in total. The van der Waals surface area contributed by atoms with E-state index in [1.807, 2.05) is 45.0 Å². The molecule has 1 unspecified atom stereocenters. The molecule has 61 heavy (non-hydrogen) atoms. The number of nitrogens with zero attached hydrogens (tertiary/aromatic N) is 3. The van der Waals surface area contributed by atoms with Crippen LogP contribution in [0.2, 0.25) is 0 Å². The monoisotopic (exact) mass is 877 g/mol. The molecule has 0 radical (unpaired) electrons. The minimum absolute atomic E-state index is 0. The number of carbonyl (C=O) groups is 3. The van der Waals surface area contributed by atoms with E-state index in [0.29, 0.717) is 23.0 Å². The average Bonchev–Trinajstić information content (AvgIpc) is 3.61. The van der Waals surface area contributed by atoms with Crippen LogP contribution < -0.4 is 14.8 Å². The third-order valence-electron chi connectivity index (χ3n) is 10.9. The number of allylic oxidation sites excluding steroid dienone is 3. The molecule has 5 rings (SSSR count). The fourth-order valence-electron chi connectivity index (χ4n) is 7.70. The number of hydrogen-bond acceptors (Lipinski definition) is 9. The van der Waals surface area contributed by atoms with Crippen molar-refractivity contribution in [2.45, 2.75) is 125 Å². The number of anilines is 1. The topological polar surface area (TPSA) is 140 Å². The molecule has 1 aromatic carbocycles. The summed E-state index contributed by atoms with van der Waals surface area (Å²) >= 11 is 0. The number of benzene rings is 2. The summed E-state index contributed by atoms with van der Waals surface area (Å²) in [6, 6.07) is 7.82. The Bertz CT molecular complexity index is 2310. The largest absolute Gasteiger partial charge is 0.748 e. The molecule has 0 spiro atoms. The first-order chi connectivity index (χ1) is 27.7. The zero-order valence-electron chi connectivity index (χ0n) is 34.3. The molecule has 0 bridgehead atoms. The molecule has 1 aromatic rings. The summed E-state index contributed by atoms with van der Waals surface area (Å²) in [5.41, 5.74) is -0.979. The van der Waals surface area contributed by atoms with Gasteiger partial charge in [-0.05, 0) is 70.2 Å². The lowest BCUT2D eigenvalue weighted by Crippen LogP contribution is -2.32. The highest BCUT2D eigenvalue weighted by Gasteiger charge is 2.49. The molecule has 4 aliphatic rings. The maximum atomic E-state index is 16.0. The Labute approximate surface area is 356 Å². The SMILES string of the molecule is C.C.CC[N+](CC)=c1ccc2c(C=CC=C3N(CCCCS(=O)(=O)[O-])c4c(F)c(F)c(F)c(F)c4C3(C)CCCCCC(=O)ON3C(=O)CCC3=O)cc(C(C)(C)C)oc-2c1. The highest BCUT2D eigenvalue weighted by Crippen LogP contribution is 2.54. The van der Waals surface area contributed by atoms with Crippen molar-refractivity contribution in [3.8, 4) is 11.3 Å². The van der Waals surface area contributed by atoms with Crippen LogP contribution in [0.4, 0.5) is 23.2 Å². The maximum Gasteiger partial charge on any atom is 0.333 e. The van der Waals surface area contributed by atoms with Gasteiger partial charge in [-0.15, -0.1) is 5.06 Å². The van der Waals surface area contributed by atoms with Gasteiger partial charge in [-0.1, -0.05) is 60.6 Å². The van der Waals surface area contributed by atoms with Gasteiger partial charge in [0.1, 0.15) is 24.6 Å². The van der Waals surface area contributed by atoms with E-state index in [2.05, 4.69) is 18.4 Å². The van der Waals surface area contributed by atoms with E-state index < -0.39 is 73.6 Å². The smallest absolute Gasteiger partial charge is 0.333 e. The molecule has 2 amide bonds. The fraction of sp³-hybridized carbons (Fsp3) is 0.511. The van der Waals surface area contributed by atoms with Crippen LogP contribution in [0.25, 0.3) is 17.4 Å². The van der Waals surface area contributed by atoms with E-state index in [-0.39, 0.29) is 83.9 Å². The molecule has 0 aromatic heterocycles. The Morgan fingerprint density at radius 3 is 2.18 bits per heavy atom. The van der Waals surface area contributed by atoms with Gasteiger partial charge in [0.15, 0.2) is 23.3 Å². The first-order valence-electron chi connectivity index (χ1n) is 19.9. The third kappa shape index (κ3) is 11.2. The van der Waals surface area contributed by atoms with E-state index in [1.54, 1.807) is 25.2 Å². The number of fused-ring (bicyclic) bond motifs is 2. The minimum Gasteiger partial charge on any atom is -0.748 e. The molecule has 16 heteroatoms. The quantitative estimate of drug-likeness (QED) is 0.0263. The van der Waals surface area contributed by atoms with E-state index in [9.17, 15) is 31.7 Å². The van der Waals surface area contributed by atoms with Crippen LogP contribution in [-0.2, 0) is 40.2 Å². The van der Waals surface area contributed by atoms with Crippen molar-refractivity contribution in [2.75, 3.05) is 30.3 Å². The molecule has 3 aliphatic heterocycles. The summed E-state index contributed by atoms with van der Waals surface area (Å²) in [4.78, 5) is 42.3. The fourth-order valence-corrected chi connectivity index (χ4v) is 8.26. The lowest BCUT2D eigenvalue weighted by molar-refractivity contribution is -0.197. The molecule has 1 atom stereocenters. The second-order valence-electron chi connectivity index (χ2n) is 16.1. The van der Waals surface area contributed by atoms with Crippen LogP contribution in [0.15, 0.2) is 46.5 Å². The van der Waals surface area contributed by atoms with E-state index >= 15 is 13.2 Å². The lowest BCUT2D eigenvalue weighted by Gasteiger charge is -2.30. The molecule has 1 saturated heterocycles. The Kier molecular flexibility index (Phi) is 16.9. The molecular formula is C45H59F4N3O8S. The Hall–Kier alpha value is -4.83. The third-order valence-corrected chi connectivity index (χ3v) is 11.7. The van der Waals surface area contributed by atoms with Crippen molar-refractivity contribution >= 4 is 39.7 Å². The van der Waals surface area contributed by atoms with Gasteiger partial charge in [0, 0.05) is 65.3 Å². The van der Waals surface area contributed by atoms with Gasteiger partial charge < -0.3 is 18.7 Å². The Morgan fingerprint density at radius 1 is 0.934 bits per heavy atom. The normalized spacial score (nSPS) is 17.3. The maximum absolute atomic E-state index is 16.0. The van der Waals surface area contributed by atoms with Gasteiger partial charge in [0.05, 0.1) is 21.9 Å². The highest BCUT2D eigenvalue weighted by molar-refractivity contribution is 7.85. The van der Waals surface area contributed by atoms with Gasteiger partial charge in [-0.25, -0.2) is 35.3 Å². The number of rotatable bonds is 16. The van der Waals surface area contributed by atoms with Gasteiger partial charge in [0.2, 0.25) is 5.36 Å². The van der Waals surface area contributed by atoms with Crippen LogP contribution in [0.3, 0.4) is 0 Å². The summed E-state index contributed by atoms with van der Waals surface area (Å²) in [5.74, 6) is -8.57. The van der Waals surface area contributed by atoms with Gasteiger partial charge in [-0.3, -0.25) is 9.59 Å². The zero-order chi connectivity index (χ0) is 43.4. The lowest BCUT2D eigenvalue weighted by atomic mass is 9.76. The second-order valence-corrected chi connectivity index (χ2v) is 17.6. The number of imide groups is 1. The molecule has 336 valence electrons. The van der Waals surface area contributed by atoms with E-state index in [1.165, 1.54) is 4.90 Å².